The quantitative estimate of drug-likeness (QED) is 0.694. The van der Waals surface area contributed by atoms with Crippen LogP contribution < -0.4 is 0 Å². The summed E-state index contributed by atoms with van der Waals surface area (Å²) in [7, 11) is 0. The van der Waals surface area contributed by atoms with Gasteiger partial charge < -0.3 is 4.74 Å². The average Bonchev–Trinajstić information content (AvgIpc) is 2.83. The molecule has 4 atom stereocenters. The van der Waals surface area contributed by atoms with Gasteiger partial charge in [0, 0.05) is 11.8 Å². The fraction of sp³-hybridized carbons (Fsp3) is 0.500. The van der Waals surface area contributed by atoms with Crippen molar-refractivity contribution in [1.29, 1.82) is 0 Å². The molecule has 0 bridgehead atoms. The fourth-order valence-corrected chi connectivity index (χ4v) is 4.02. The van der Waals surface area contributed by atoms with Gasteiger partial charge in [0.2, 0.25) is 0 Å². The highest BCUT2D eigenvalue weighted by Crippen LogP contribution is 2.51. The van der Waals surface area contributed by atoms with Crippen LogP contribution in [-0.4, -0.2) is 12.6 Å². The molecule has 17 heavy (non-hydrogen) atoms. The third-order valence-corrected chi connectivity index (χ3v) is 4.99. The summed E-state index contributed by atoms with van der Waals surface area (Å²) in [6.07, 6.45) is 5.41. The SMILES string of the molecule is C=C(C)C1=C[C@@H]2[C@H]3C(=O)OC[C@H]3C=C(Br)[C@H]2C1. The van der Waals surface area contributed by atoms with Gasteiger partial charge in [-0.05, 0) is 29.3 Å². The van der Waals surface area contributed by atoms with E-state index in [-0.39, 0.29) is 17.8 Å². The molecule has 3 aliphatic rings. The number of cyclic esters (lactones) is 1. The first-order chi connectivity index (χ1) is 8.08. The predicted octanol–water partition coefficient (Wildman–Crippen LogP) is 3.21. The number of allylic oxidation sites excluding steroid dienone is 4. The zero-order chi connectivity index (χ0) is 12.2. The number of carbonyl (C=O) groups is 1. The first-order valence-electron chi connectivity index (χ1n) is 5.98. The average molecular weight is 295 g/mol. The minimum atomic E-state index is -0.0273. The van der Waals surface area contributed by atoms with Gasteiger partial charge >= 0.3 is 5.97 Å². The summed E-state index contributed by atoms with van der Waals surface area (Å²) in [5.41, 5.74) is 2.41. The summed E-state index contributed by atoms with van der Waals surface area (Å²) in [6, 6.07) is 0. The van der Waals surface area contributed by atoms with E-state index in [9.17, 15) is 4.79 Å². The van der Waals surface area contributed by atoms with Crippen LogP contribution in [-0.2, 0) is 9.53 Å². The standard InChI is InChI=1S/C14H15BrO2/c1-7(2)8-3-10-11(4-8)13-9(5-12(10)15)6-17-14(13)16/h4-5,9-11,13H,1,3,6H2,2H3/t9-,10+,11+,13+/m1/s1. The van der Waals surface area contributed by atoms with E-state index < -0.39 is 0 Å². The van der Waals surface area contributed by atoms with Crippen molar-refractivity contribution in [3.8, 4) is 0 Å². The number of hydrogen-bond donors (Lipinski definition) is 0. The Morgan fingerprint density at radius 1 is 1.53 bits per heavy atom. The molecule has 2 nitrogen and oxygen atoms in total. The highest BCUT2D eigenvalue weighted by atomic mass is 79.9. The Labute approximate surface area is 110 Å². The molecule has 1 saturated heterocycles. The van der Waals surface area contributed by atoms with Crippen molar-refractivity contribution < 1.29 is 9.53 Å². The molecule has 0 amide bonds. The summed E-state index contributed by atoms with van der Waals surface area (Å²) >= 11 is 3.66. The summed E-state index contributed by atoms with van der Waals surface area (Å²) in [5.74, 6) is 0.951. The molecule has 2 aliphatic carbocycles. The maximum Gasteiger partial charge on any atom is 0.310 e. The molecule has 1 heterocycles. The van der Waals surface area contributed by atoms with E-state index in [4.69, 9.17) is 4.74 Å². The molecular weight excluding hydrogens is 280 g/mol. The van der Waals surface area contributed by atoms with Crippen molar-refractivity contribution in [2.45, 2.75) is 13.3 Å². The van der Waals surface area contributed by atoms with Crippen molar-refractivity contribution in [1.82, 2.24) is 0 Å². The molecule has 0 radical (unpaired) electrons. The van der Waals surface area contributed by atoms with E-state index >= 15 is 0 Å². The second kappa shape index (κ2) is 3.84. The van der Waals surface area contributed by atoms with E-state index in [1.807, 2.05) is 6.92 Å². The third-order valence-electron chi connectivity index (χ3n) is 4.14. The van der Waals surface area contributed by atoms with Gasteiger partial charge in [0.15, 0.2) is 0 Å². The zero-order valence-corrected chi connectivity index (χ0v) is 11.4. The van der Waals surface area contributed by atoms with Crippen LogP contribution in [0.2, 0.25) is 0 Å². The lowest BCUT2D eigenvalue weighted by Gasteiger charge is -2.30. The molecular formula is C14H15BrO2. The number of fused-ring (bicyclic) bond motifs is 3. The number of halogens is 1. The predicted molar refractivity (Wildman–Crippen MR) is 69.4 cm³/mol. The lowest BCUT2D eigenvalue weighted by molar-refractivity contribution is -0.142. The Kier molecular flexibility index (Phi) is 2.54. The molecule has 3 rings (SSSR count). The molecule has 0 saturated carbocycles. The molecule has 3 heteroatoms. The summed E-state index contributed by atoms with van der Waals surface area (Å²) in [6.45, 7) is 6.58. The first kappa shape index (κ1) is 11.3. The van der Waals surface area contributed by atoms with Crippen LogP contribution in [0.4, 0.5) is 0 Å². The van der Waals surface area contributed by atoms with Gasteiger partial charge in [-0.15, -0.1) is 0 Å². The van der Waals surface area contributed by atoms with Crippen molar-refractivity contribution >= 4 is 21.9 Å². The van der Waals surface area contributed by atoms with Gasteiger partial charge in [-0.1, -0.05) is 40.2 Å². The Hall–Kier alpha value is -0.830. The highest BCUT2D eigenvalue weighted by Gasteiger charge is 2.49. The minimum Gasteiger partial charge on any atom is -0.465 e. The Bertz CT molecular complexity index is 461. The molecule has 1 aliphatic heterocycles. The number of carbonyl (C=O) groups excluding carboxylic acids is 1. The van der Waals surface area contributed by atoms with E-state index in [0.29, 0.717) is 18.4 Å². The maximum atomic E-state index is 11.8. The number of rotatable bonds is 1. The van der Waals surface area contributed by atoms with E-state index in [1.165, 1.54) is 10.1 Å². The largest absolute Gasteiger partial charge is 0.465 e. The number of ether oxygens (including phenoxy) is 1. The fourth-order valence-electron chi connectivity index (χ4n) is 3.22. The van der Waals surface area contributed by atoms with E-state index in [2.05, 4.69) is 34.7 Å². The normalized spacial score (nSPS) is 39.1. The van der Waals surface area contributed by atoms with Gasteiger partial charge in [0.05, 0.1) is 12.5 Å². The van der Waals surface area contributed by atoms with E-state index in [0.717, 1.165) is 12.0 Å². The molecule has 90 valence electrons. The Morgan fingerprint density at radius 3 is 3.00 bits per heavy atom. The number of esters is 1. The minimum absolute atomic E-state index is 0.0261. The van der Waals surface area contributed by atoms with Crippen LogP contribution in [0.3, 0.4) is 0 Å². The first-order valence-corrected chi connectivity index (χ1v) is 6.77. The van der Waals surface area contributed by atoms with Crippen LogP contribution in [0, 0.1) is 23.7 Å². The molecule has 1 fully saturated rings. The molecule has 0 aromatic carbocycles. The van der Waals surface area contributed by atoms with E-state index in [1.54, 1.807) is 0 Å². The zero-order valence-electron chi connectivity index (χ0n) is 9.78. The summed E-state index contributed by atoms with van der Waals surface area (Å²) in [4.78, 5) is 11.8. The van der Waals surface area contributed by atoms with Crippen LogP contribution in [0.1, 0.15) is 13.3 Å². The van der Waals surface area contributed by atoms with Crippen LogP contribution in [0.25, 0.3) is 0 Å². The van der Waals surface area contributed by atoms with Gasteiger partial charge in [-0.2, -0.15) is 0 Å². The third kappa shape index (κ3) is 1.63. The van der Waals surface area contributed by atoms with Crippen molar-refractivity contribution in [3.63, 3.8) is 0 Å². The lowest BCUT2D eigenvalue weighted by Crippen LogP contribution is -2.31. The Balaban J connectivity index is 2.00. The smallest absolute Gasteiger partial charge is 0.310 e. The summed E-state index contributed by atoms with van der Waals surface area (Å²) < 4.78 is 6.43. The second-order valence-corrected chi connectivity index (χ2v) is 6.15. The van der Waals surface area contributed by atoms with Crippen molar-refractivity contribution in [3.05, 3.63) is 34.4 Å². The van der Waals surface area contributed by atoms with Gasteiger partial charge in [-0.25, -0.2) is 0 Å². The summed E-state index contributed by atoms with van der Waals surface area (Å²) in [5, 5.41) is 0. The molecule has 0 N–H and O–H groups in total. The van der Waals surface area contributed by atoms with Crippen molar-refractivity contribution in [2.24, 2.45) is 23.7 Å². The van der Waals surface area contributed by atoms with Gasteiger partial charge in [-0.3, -0.25) is 4.79 Å². The van der Waals surface area contributed by atoms with Gasteiger partial charge in [0.25, 0.3) is 0 Å². The molecule has 0 aromatic heterocycles. The number of hydrogen-bond acceptors (Lipinski definition) is 2. The molecule has 0 spiro atoms. The molecule has 0 aromatic rings. The van der Waals surface area contributed by atoms with Gasteiger partial charge in [0.1, 0.15) is 0 Å². The highest BCUT2D eigenvalue weighted by molar-refractivity contribution is 9.11. The topological polar surface area (TPSA) is 26.3 Å². The van der Waals surface area contributed by atoms with Crippen LogP contribution in [0.15, 0.2) is 34.4 Å². The maximum absolute atomic E-state index is 11.8. The monoisotopic (exact) mass is 294 g/mol. The lowest BCUT2D eigenvalue weighted by atomic mass is 9.73. The second-order valence-electron chi connectivity index (χ2n) is 5.23. The molecule has 0 unspecified atom stereocenters. The van der Waals surface area contributed by atoms with Crippen molar-refractivity contribution in [2.75, 3.05) is 6.61 Å². The Morgan fingerprint density at radius 2 is 2.29 bits per heavy atom. The van der Waals surface area contributed by atoms with Crippen LogP contribution >= 0.6 is 15.9 Å². The van der Waals surface area contributed by atoms with Crippen LogP contribution in [0.5, 0.6) is 0 Å².